The molecule has 5 nitrogen and oxygen atoms in total. The van der Waals surface area contributed by atoms with Gasteiger partial charge in [0.1, 0.15) is 11.5 Å². The van der Waals surface area contributed by atoms with E-state index in [4.69, 9.17) is 24.7 Å². The van der Waals surface area contributed by atoms with Gasteiger partial charge in [-0.05, 0) is 67.6 Å². The third kappa shape index (κ3) is 5.88. The third-order valence-electron chi connectivity index (χ3n) is 9.92. The van der Waals surface area contributed by atoms with Crippen LogP contribution in [0.3, 0.4) is 0 Å². The van der Waals surface area contributed by atoms with E-state index < -0.39 is 0 Å². The highest BCUT2D eigenvalue weighted by molar-refractivity contribution is 6.05. The number of pyridine rings is 4. The van der Waals surface area contributed by atoms with Gasteiger partial charge >= 0.3 is 0 Å². The van der Waals surface area contributed by atoms with Crippen molar-refractivity contribution in [2.75, 3.05) is 0 Å². The fraction of sp³-hybridized carbons (Fsp3) is 0.0204. The molecule has 4 aromatic heterocycles. The van der Waals surface area contributed by atoms with Gasteiger partial charge in [-0.3, -0.25) is 0 Å². The molecular formula is C49H32N4O. The Morgan fingerprint density at radius 2 is 0.685 bits per heavy atom. The summed E-state index contributed by atoms with van der Waals surface area (Å²) in [5.41, 5.74) is 12.4. The van der Waals surface area contributed by atoms with Crippen molar-refractivity contribution < 1.29 is 4.74 Å². The minimum absolute atomic E-state index is 0.760. The van der Waals surface area contributed by atoms with E-state index in [1.165, 1.54) is 5.56 Å². The third-order valence-corrected chi connectivity index (χ3v) is 9.92. The summed E-state index contributed by atoms with van der Waals surface area (Å²) in [6, 6.07) is 60.1. The first-order valence-electron chi connectivity index (χ1n) is 18.0. The number of rotatable bonds is 6. The summed E-state index contributed by atoms with van der Waals surface area (Å²) in [4.78, 5) is 20.8. The molecule has 0 saturated carbocycles. The molecule has 0 amide bonds. The summed E-state index contributed by atoms with van der Waals surface area (Å²) in [6.45, 7) is 2.11. The molecular weight excluding hydrogens is 661 g/mol. The van der Waals surface area contributed by atoms with Crippen molar-refractivity contribution in [3.8, 4) is 56.5 Å². The quantitative estimate of drug-likeness (QED) is 0.162. The number of benzene rings is 6. The van der Waals surface area contributed by atoms with Crippen LogP contribution in [0, 0.1) is 6.92 Å². The highest BCUT2D eigenvalue weighted by atomic mass is 16.5. The van der Waals surface area contributed by atoms with Gasteiger partial charge in [0, 0.05) is 43.8 Å². The molecule has 0 unspecified atom stereocenters. The van der Waals surface area contributed by atoms with E-state index in [2.05, 4.69) is 134 Å². The molecule has 4 heterocycles. The number of nitrogens with zero attached hydrogens (tertiary/aromatic N) is 4. The van der Waals surface area contributed by atoms with Gasteiger partial charge < -0.3 is 4.74 Å². The second-order valence-corrected chi connectivity index (χ2v) is 13.6. The summed E-state index contributed by atoms with van der Waals surface area (Å²) >= 11 is 0. The van der Waals surface area contributed by atoms with E-state index in [-0.39, 0.29) is 0 Å². The number of aromatic nitrogens is 4. The Bertz CT molecular complexity index is 3050. The Labute approximate surface area is 312 Å². The van der Waals surface area contributed by atoms with Gasteiger partial charge in [-0.25, -0.2) is 19.9 Å². The zero-order chi connectivity index (χ0) is 36.0. The lowest BCUT2D eigenvalue weighted by Gasteiger charge is -2.11. The van der Waals surface area contributed by atoms with Crippen molar-refractivity contribution >= 4 is 43.6 Å². The van der Waals surface area contributed by atoms with E-state index in [9.17, 15) is 0 Å². The predicted octanol–water partition coefficient (Wildman–Crippen LogP) is 12.6. The summed E-state index contributed by atoms with van der Waals surface area (Å²) < 4.78 is 6.12. The van der Waals surface area contributed by atoms with Crippen LogP contribution in [0.4, 0.5) is 0 Å². The number of para-hydroxylation sites is 1. The molecule has 0 spiro atoms. The SMILES string of the molecule is Cc1cccc(-c2ccc3ccc4ccc(-c5cccc(-c6ccc7ccc8ccc(-c9cccc(Oc%10ccccc%10)c9)nc8c7n6)c5)nc4c3n2)c1. The van der Waals surface area contributed by atoms with E-state index in [0.717, 1.165) is 100 Å². The number of hydrogen-bond donors (Lipinski definition) is 0. The summed E-state index contributed by atoms with van der Waals surface area (Å²) in [5.74, 6) is 1.55. The maximum atomic E-state index is 6.12. The van der Waals surface area contributed by atoms with Gasteiger partial charge in [0.05, 0.1) is 44.8 Å². The van der Waals surface area contributed by atoms with Crippen molar-refractivity contribution in [2.45, 2.75) is 6.92 Å². The van der Waals surface area contributed by atoms with Crippen LogP contribution in [0.1, 0.15) is 5.56 Å². The second kappa shape index (κ2) is 13.1. The van der Waals surface area contributed by atoms with Crippen LogP contribution >= 0.6 is 0 Å². The summed E-state index contributed by atoms with van der Waals surface area (Å²) in [6.07, 6.45) is 0. The van der Waals surface area contributed by atoms with E-state index >= 15 is 0 Å². The van der Waals surface area contributed by atoms with Gasteiger partial charge in [0.2, 0.25) is 0 Å². The van der Waals surface area contributed by atoms with Crippen LogP contribution in [-0.2, 0) is 0 Å². The maximum Gasteiger partial charge on any atom is 0.128 e. The smallest absolute Gasteiger partial charge is 0.128 e. The summed E-state index contributed by atoms with van der Waals surface area (Å²) in [7, 11) is 0. The molecule has 54 heavy (non-hydrogen) atoms. The number of fused-ring (bicyclic) bond motifs is 6. The molecule has 0 aliphatic heterocycles. The van der Waals surface area contributed by atoms with Gasteiger partial charge in [-0.1, -0.05) is 121 Å². The average Bonchev–Trinajstić information content (AvgIpc) is 3.23. The molecule has 6 aromatic carbocycles. The Kier molecular flexibility index (Phi) is 7.62. The van der Waals surface area contributed by atoms with Gasteiger partial charge in [-0.15, -0.1) is 0 Å². The average molecular weight is 693 g/mol. The van der Waals surface area contributed by atoms with E-state index in [0.29, 0.717) is 0 Å². The number of aryl methyl sites for hydroxylation is 1. The van der Waals surface area contributed by atoms with Crippen molar-refractivity contribution in [3.05, 3.63) is 181 Å². The first kappa shape index (κ1) is 31.5. The minimum Gasteiger partial charge on any atom is -0.457 e. The lowest BCUT2D eigenvalue weighted by molar-refractivity contribution is 0.483. The van der Waals surface area contributed by atoms with Gasteiger partial charge in [0.15, 0.2) is 0 Å². The molecule has 0 N–H and O–H groups in total. The maximum absolute atomic E-state index is 6.12. The molecule has 0 atom stereocenters. The van der Waals surface area contributed by atoms with Crippen molar-refractivity contribution in [1.82, 2.24) is 19.9 Å². The van der Waals surface area contributed by atoms with Crippen LogP contribution in [0.25, 0.3) is 88.6 Å². The van der Waals surface area contributed by atoms with Crippen molar-refractivity contribution in [3.63, 3.8) is 0 Å². The highest BCUT2D eigenvalue weighted by Crippen LogP contribution is 2.33. The first-order chi connectivity index (χ1) is 26.6. The fourth-order valence-corrected chi connectivity index (χ4v) is 7.16. The molecule has 0 aliphatic carbocycles. The van der Waals surface area contributed by atoms with Crippen LogP contribution in [0.5, 0.6) is 11.5 Å². The van der Waals surface area contributed by atoms with Gasteiger partial charge in [0.25, 0.3) is 0 Å². The minimum atomic E-state index is 0.760. The predicted molar refractivity (Wildman–Crippen MR) is 221 cm³/mol. The monoisotopic (exact) mass is 692 g/mol. The summed E-state index contributed by atoms with van der Waals surface area (Å²) in [5, 5.41) is 4.19. The number of hydrogen-bond acceptors (Lipinski definition) is 5. The van der Waals surface area contributed by atoms with Crippen molar-refractivity contribution in [2.24, 2.45) is 0 Å². The Hall–Kier alpha value is -7.24. The zero-order valence-corrected chi connectivity index (χ0v) is 29.4. The van der Waals surface area contributed by atoms with E-state index in [1.54, 1.807) is 0 Å². The highest BCUT2D eigenvalue weighted by Gasteiger charge is 2.13. The normalized spacial score (nSPS) is 11.4. The molecule has 5 heteroatoms. The van der Waals surface area contributed by atoms with Crippen LogP contribution in [0.2, 0.25) is 0 Å². The lowest BCUT2D eigenvalue weighted by Crippen LogP contribution is -1.93. The topological polar surface area (TPSA) is 60.8 Å². The molecule has 254 valence electrons. The lowest BCUT2D eigenvalue weighted by atomic mass is 10.0. The molecule has 10 aromatic rings. The Morgan fingerprint density at radius 3 is 1.15 bits per heavy atom. The van der Waals surface area contributed by atoms with Crippen LogP contribution in [-0.4, -0.2) is 19.9 Å². The standard InChI is InChI=1S/C49H32N4O/c1-31-8-5-9-36(28-31)42-24-20-32-16-17-33-21-25-43(51-47(33)46(32)50-42)37-10-6-11-38(29-37)44-26-22-34-18-19-35-23-27-45(53-49(35)48(34)52-44)39-12-7-15-41(30-39)54-40-13-3-2-4-14-40/h2-30H,1H3. The largest absolute Gasteiger partial charge is 0.457 e. The van der Waals surface area contributed by atoms with Gasteiger partial charge in [-0.2, -0.15) is 0 Å². The molecule has 0 radical (unpaired) electrons. The zero-order valence-electron chi connectivity index (χ0n) is 29.4. The van der Waals surface area contributed by atoms with Crippen molar-refractivity contribution in [1.29, 1.82) is 0 Å². The fourth-order valence-electron chi connectivity index (χ4n) is 7.16. The Balaban J connectivity index is 1.02. The molecule has 0 aliphatic rings. The number of ether oxygens (including phenoxy) is 1. The Morgan fingerprint density at radius 1 is 0.315 bits per heavy atom. The first-order valence-corrected chi connectivity index (χ1v) is 18.0. The second-order valence-electron chi connectivity index (χ2n) is 13.6. The molecule has 0 fully saturated rings. The van der Waals surface area contributed by atoms with E-state index in [1.807, 2.05) is 48.5 Å². The molecule has 0 saturated heterocycles. The van der Waals surface area contributed by atoms with Crippen LogP contribution in [0.15, 0.2) is 176 Å². The van der Waals surface area contributed by atoms with Crippen LogP contribution < -0.4 is 4.74 Å². The molecule has 10 rings (SSSR count). The molecule has 0 bridgehead atoms.